The molecular weight excluding hydrogens is 316 g/mol. The van der Waals surface area contributed by atoms with Gasteiger partial charge >= 0.3 is 0 Å². The summed E-state index contributed by atoms with van der Waals surface area (Å²) in [7, 11) is 1.81. The van der Waals surface area contributed by atoms with Gasteiger partial charge in [0.15, 0.2) is 11.5 Å². The first-order valence-corrected chi connectivity index (χ1v) is 8.52. The Balaban J connectivity index is 2.26. The van der Waals surface area contributed by atoms with E-state index in [4.69, 9.17) is 13.9 Å². The lowest BCUT2D eigenvalue weighted by Gasteiger charge is -2.12. The van der Waals surface area contributed by atoms with Gasteiger partial charge in [0, 0.05) is 16.4 Å². The molecule has 0 spiro atoms. The zero-order valence-electron chi connectivity index (χ0n) is 14.3. The van der Waals surface area contributed by atoms with Gasteiger partial charge in [0.1, 0.15) is 5.75 Å². The molecule has 126 valence electrons. The molecule has 6 nitrogen and oxygen atoms in total. The molecule has 1 atom stereocenters. The summed E-state index contributed by atoms with van der Waals surface area (Å²) in [6, 6.07) is 3.53. The van der Waals surface area contributed by atoms with Gasteiger partial charge in [-0.2, -0.15) is 0 Å². The highest BCUT2D eigenvalue weighted by molar-refractivity contribution is 7.84. The van der Waals surface area contributed by atoms with Crippen LogP contribution in [0.1, 0.15) is 38.1 Å². The minimum atomic E-state index is -1.31. The van der Waals surface area contributed by atoms with Crippen LogP contribution in [-0.2, 0) is 22.0 Å². The first kappa shape index (κ1) is 17.5. The third kappa shape index (κ3) is 3.90. The van der Waals surface area contributed by atoms with E-state index in [0.29, 0.717) is 28.2 Å². The Hall–Kier alpha value is -1.89. The van der Waals surface area contributed by atoms with E-state index in [2.05, 4.69) is 10.2 Å². The molecule has 0 aliphatic rings. The van der Waals surface area contributed by atoms with Crippen LogP contribution in [0.3, 0.4) is 0 Å². The lowest BCUT2D eigenvalue weighted by atomic mass is 9.97. The maximum Gasteiger partial charge on any atom is 0.229 e. The molecule has 0 aliphatic heterocycles. The van der Waals surface area contributed by atoms with Gasteiger partial charge in [0.25, 0.3) is 0 Å². The molecule has 0 amide bonds. The van der Waals surface area contributed by atoms with E-state index in [0.717, 1.165) is 5.56 Å². The Kier molecular flexibility index (Phi) is 5.09. The lowest BCUT2D eigenvalue weighted by molar-refractivity contribution is 0.353. The van der Waals surface area contributed by atoms with E-state index in [1.165, 1.54) is 0 Å². The van der Waals surface area contributed by atoms with Crippen molar-refractivity contribution < 1.29 is 18.1 Å². The maximum atomic E-state index is 12.6. The molecular formula is C16H22N2O4S. The first-order valence-electron chi connectivity index (χ1n) is 7.20. The number of ether oxygens (including phenoxy) is 2. The topological polar surface area (TPSA) is 74.5 Å². The molecule has 0 radical (unpaired) electrons. The van der Waals surface area contributed by atoms with Crippen molar-refractivity contribution in [3.63, 3.8) is 0 Å². The zero-order chi connectivity index (χ0) is 17.2. The second-order valence-corrected chi connectivity index (χ2v) is 7.63. The maximum absolute atomic E-state index is 12.6. The average Bonchev–Trinajstić information content (AvgIpc) is 2.95. The smallest absolute Gasteiger partial charge is 0.229 e. The van der Waals surface area contributed by atoms with E-state index in [1.807, 2.05) is 27.7 Å². The Morgan fingerprint density at radius 1 is 1.13 bits per heavy atom. The first-order chi connectivity index (χ1) is 10.8. The fourth-order valence-corrected chi connectivity index (χ4v) is 3.17. The number of aromatic nitrogens is 2. The Labute approximate surface area is 138 Å². The number of aryl methyl sites for hydroxylation is 1. The van der Waals surface area contributed by atoms with Crippen LogP contribution in [-0.4, -0.2) is 28.6 Å². The molecule has 0 aliphatic carbocycles. The van der Waals surface area contributed by atoms with Gasteiger partial charge in [-0.1, -0.05) is 20.8 Å². The number of hydrogen-bond acceptors (Lipinski definition) is 6. The highest BCUT2D eigenvalue weighted by Crippen LogP contribution is 2.32. The van der Waals surface area contributed by atoms with Crippen molar-refractivity contribution in [3.05, 3.63) is 29.5 Å². The van der Waals surface area contributed by atoms with Gasteiger partial charge in [0.05, 0.1) is 25.0 Å². The van der Waals surface area contributed by atoms with Gasteiger partial charge < -0.3 is 13.9 Å². The normalized spacial score (nSPS) is 13.0. The van der Waals surface area contributed by atoms with E-state index >= 15 is 0 Å². The summed E-state index contributed by atoms with van der Waals surface area (Å²) >= 11 is 0. The Bertz CT molecular complexity index is 719. The molecule has 7 heteroatoms. The van der Waals surface area contributed by atoms with Crippen LogP contribution >= 0.6 is 0 Å². The Morgan fingerprint density at radius 3 is 2.26 bits per heavy atom. The SMILES string of the molecule is COc1cc(C)c([S@](=O)Cc2nnc(C(C)(C)C)o2)cc1OC. The van der Waals surface area contributed by atoms with Crippen LogP contribution in [0.25, 0.3) is 0 Å². The van der Waals surface area contributed by atoms with Crippen molar-refractivity contribution in [1.29, 1.82) is 0 Å². The molecule has 2 rings (SSSR count). The van der Waals surface area contributed by atoms with E-state index < -0.39 is 10.8 Å². The van der Waals surface area contributed by atoms with Gasteiger partial charge in [0.2, 0.25) is 11.8 Å². The van der Waals surface area contributed by atoms with E-state index in [-0.39, 0.29) is 11.2 Å². The molecule has 0 bridgehead atoms. The molecule has 0 saturated heterocycles. The number of nitrogens with zero attached hydrogens (tertiary/aromatic N) is 2. The van der Waals surface area contributed by atoms with Gasteiger partial charge in [-0.05, 0) is 18.6 Å². The molecule has 0 unspecified atom stereocenters. The summed E-state index contributed by atoms with van der Waals surface area (Å²) in [5, 5.41) is 8.01. The summed E-state index contributed by atoms with van der Waals surface area (Å²) < 4.78 is 28.8. The van der Waals surface area contributed by atoms with Crippen molar-refractivity contribution in [1.82, 2.24) is 10.2 Å². The fraction of sp³-hybridized carbons (Fsp3) is 0.500. The van der Waals surface area contributed by atoms with Crippen LogP contribution in [0.2, 0.25) is 0 Å². The average molecular weight is 338 g/mol. The summed E-state index contributed by atoms with van der Waals surface area (Å²) in [6.07, 6.45) is 0. The minimum Gasteiger partial charge on any atom is -0.493 e. The standard InChI is InChI=1S/C16H22N2O4S/c1-10-7-11(20-5)12(21-6)8-13(10)23(19)9-14-17-18-15(22-14)16(2,3)4/h7-8H,9H2,1-6H3/t23-/m1/s1. The molecule has 23 heavy (non-hydrogen) atoms. The molecule has 1 heterocycles. The third-order valence-electron chi connectivity index (χ3n) is 3.29. The van der Waals surface area contributed by atoms with Gasteiger partial charge in [-0.25, -0.2) is 0 Å². The molecule has 0 fully saturated rings. The van der Waals surface area contributed by atoms with Crippen molar-refractivity contribution in [2.24, 2.45) is 0 Å². The third-order valence-corrected chi connectivity index (χ3v) is 4.73. The van der Waals surface area contributed by atoms with Crippen LogP contribution in [0.15, 0.2) is 21.4 Å². The lowest BCUT2D eigenvalue weighted by Crippen LogP contribution is -2.11. The van der Waals surface area contributed by atoms with Gasteiger partial charge in [-0.3, -0.25) is 4.21 Å². The molecule has 0 saturated carbocycles. The summed E-state index contributed by atoms with van der Waals surface area (Å²) in [5.41, 5.74) is 0.628. The number of hydrogen-bond donors (Lipinski definition) is 0. The van der Waals surface area contributed by atoms with Crippen LogP contribution < -0.4 is 9.47 Å². The van der Waals surface area contributed by atoms with Crippen LogP contribution in [0.5, 0.6) is 11.5 Å². The highest BCUT2D eigenvalue weighted by Gasteiger charge is 2.23. The summed E-state index contributed by atoms with van der Waals surface area (Å²) in [5.74, 6) is 2.22. The second-order valence-electron chi connectivity index (χ2n) is 6.21. The zero-order valence-corrected chi connectivity index (χ0v) is 15.1. The molecule has 1 aromatic carbocycles. The largest absolute Gasteiger partial charge is 0.493 e. The van der Waals surface area contributed by atoms with Gasteiger partial charge in [-0.15, -0.1) is 10.2 Å². The monoisotopic (exact) mass is 338 g/mol. The fourth-order valence-electron chi connectivity index (χ4n) is 2.01. The predicted octanol–water partition coefficient (Wildman–Crippen LogP) is 3.00. The molecule has 0 N–H and O–H groups in total. The van der Waals surface area contributed by atoms with Crippen molar-refractivity contribution in [3.8, 4) is 11.5 Å². The minimum absolute atomic E-state index is 0.166. The Morgan fingerprint density at radius 2 is 1.74 bits per heavy atom. The number of rotatable bonds is 5. The number of benzene rings is 1. The van der Waals surface area contributed by atoms with Crippen LogP contribution in [0, 0.1) is 6.92 Å². The van der Waals surface area contributed by atoms with Crippen molar-refractivity contribution in [2.75, 3.05) is 14.2 Å². The second kappa shape index (κ2) is 6.70. The number of methoxy groups -OCH3 is 2. The predicted molar refractivity (Wildman–Crippen MR) is 87.4 cm³/mol. The van der Waals surface area contributed by atoms with Crippen LogP contribution in [0.4, 0.5) is 0 Å². The van der Waals surface area contributed by atoms with Crippen molar-refractivity contribution >= 4 is 10.8 Å². The van der Waals surface area contributed by atoms with Crippen molar-refractivity contribution in [2.45, 2.75) is 43.8 Å². The van der Waals surface area contributed by atoms with E-state index in [1.54, 1.807) is 26.4 Å². The van der Waals surface area contributed by atoms with E-state index in [9.17, 15) is 4.21 Å². The molecule has 1 aromatic heterocycles. The quantitative estimate of drug-likeness (QED) is 0.834. The summed E-state index contributed by atoms with van der Waals surface area (Å²) in [4.78, 5) is 0.665. The summed E-state index contributed by atoms with van der Waals surface area (Å²) in [6.45, 7) is 7.84. The molecule has 2 aromatic rings. The highest BCUT2D eigenvalue weighted by atomic mass is 32.2.